The van der Waals surface area contributed by atoms with Gasteiger partial charge in [0.05, 0.1) is 6.20 Å². The normalized spacial score (nSPS) is 12.2. The lowest BCUT2D eigenvalue weighted by Crippen LogP contribution is -2.29. The number of benzene rings is 1. The molecular weight excluding hydrogens is 240 g/mol. The first-order valence-electron chi connectivity index (χ1n) is 6.27. The lowest BCUT2D eigenvalue weighted by atomic mass is 10.1. The van der Waals surface area contributed by atoms with Crippen molar-refractivity contribution in [2.24, 2.45) is 5.73 Å². The van der Waals surface area contributed by atoms with Crippen LogP contribution in [-0.2, 0) is 11.3 Å². The zero-order chi connectivity index (χ0) is 13.8. The summed E-state index contributed by atoms with van der Waals surface area (Å²) in [5.41, 5.74) is 7.67. The summed E-state index contributed by atoms with van der Waals surface area (Å²) in [6.45, 7) is 4.58. The van der Waals surface area contributed by atoms with Crippen molar-refractivity contribution in [3.63, 3.8) is 0 Å². The van der Waals surface area contributed by atoms with Crippen LogP contribution in [0, 0.1) is 6.92 Å². The highest BCUT2D eigenvalue weighted by Gasteiger charge is 2.18. The highest BCUT2D eigenvalue weighted by atomic mass is 16.2. The Morgan fingerprint density at radius 3 is 2.74 bits per heavy atom. The Bertz CT molecular complexity index is 562. The number of carbonyl (C=O) groups excluding carboxylic acids is 1. The molecule has 0 fully saturated rings. The van der Waals surface area contributed by atoms with Crippen molar-refractivity contribution >= 4 is 11.7 Å². The van der Waals surface area contributed by atoms with Gasteiger partial charge in [0, 0.05) is 12.1 Å². The van der Waals surface area contributed by atoms with Crippen molar-refractivity contribution in [3.05, 3.63) is 47.7 Å². The lowest BCUT2D eigenvalue weighted by molar-refractivity contribution is -0.117. The Hall–Kier alpha value is -2.14. The smallest absolute Gasteiger partial charge is 0.247 e. The molecule has 1 amide bonds. The molecule has 0 aliphatic heterocycles. The second-order valence-corrected chi connectivity index (χ2v) is 4.37. The van der Waals surface area contributed by atoms with E-state index in [4.69, 9.17) is 5.73 Å². The Morgan fingerprint density at radius 2 is 2.11 bits per heavy atom. The summed E-state index contributed by atoms with van der Waals surface area (Å²) < 4.78 is 1.74. The van der Waals surface area contributed by atoms with Crippen molar-refractivity contribution < 1.29 is 4.79 Å². The van der Waals surface area contributed by atoms with Crippen LogP contribution in [0.15, 0.2) is 36.5 Å². The third kappa shape index (κ3) is 2.82. The van der Waals surface area contributed by atoms with Gasteiger partial charge < -0.3 is 11.1 Å². The van der Waals surface area contributed by atoms with Crippen molar-refractivity contribution in [3.8, 4) is 0 Å². The minimum absolute atomic E-state index is 0.232. The molecule has 0 saturated heterocycles. The summed E-state index contributed by atoms with van der Waals surface area (Å²) in [4.78, 5) is 12.2. The molecule has 5 heteroatoms. The van der Waals surface area contributed by atoms with Gasteiger partial charge in [-0.15, -0.1) is 0 Å². The van der Waals surface area contributed by atoms with E-state index < -0.39 is 6.04 Å². The average Bonchev–Trinajstić information content (AvgIpc) is 2.79. The molecular formula is C14H18N4O. The van der Waals surface area contributed by atoms with Crippen molar-refractivity contribution in [2.45, 2.75) is 26.4 Å². The molecule has 2 aromatic rings. The van der Waals surface area contributed by atoms with Crippen molar-refractivity contribution in [1.29, 1.82) is 0 Å². The van der Waals surface area contributed by atoms with Crippen LogP contribution in [0.4, 0.5) is 5.82 Å². The maximum absolute atomic E-state index is 12.2. The molecule has 5 nitrogen and oxygen atoms in total. The third-order valence-corrected chi connectivity index (χ3v) is 3.00. The Kier molecular flexibility index (Phi) is 3.97. The predicted molar refractivity (Wildman–Crippen MR) is 74.6 cm³/mol. The minimum atomic E-state index is -0.680. The predicted octanol–water partition coefficient (Wildman–Crippen LogP) is 1.85. The van der Waals surface area contributed by atoms with E-state index in [1.807, 2.05) is 44.2 Å². The van der Waals surface area contributed by atoms with Crippen LogP contribution in [0.1, 0.15) is 24.1 Å². The van der Waals surface area contributed by atoms with Crippen LogP contribution in [0.5, 0.6) is 0 Å². The Labute approximate surface area is 112 Å². The highest BCUT2D eigenvalue weighted by molar-refractivity contribution is 5.95. The SMILES string of the molecule is CCn1ncc(C)c1NC(=O)[C@@H](N)c1ccccc1. The summed E-state index contributed by atoms with van der Waals surface area (Å²) >= 11 is 0. The molecule has 19 heavy (non-hydrogen) atoms. The Balaban J connectivity index is 2.15. The van der Waals surface area contributed by atoms with E-state index in [1.54, 1.807) is 10.9 Å². The summed E-state index contributed by atoms with van der Waals surface area (Å²) in [6, 6.07) is 8.63. The van der Waals surface area contributed by atoms with Gasteiger partial charge in [0.25, 0.3) is 0 Å². The van der Waals surface area contributed by atoms with Crippen LogP contribution in [-0.4, -0.2) is 15.7 Å². The molecule has 2 rings (SSSR count). The lowest BCUT2D eigenvalue weighted by Gasteiger charge is -2.14. The van der Waals surface area contributed by atoms with Gasteiger partial charge in [-0.05, 0) is 19.4 Å². The number of hydrogen-bond acceptors (Lipinski definition) is 3. The second kappa shape index (κ2) is 5.67. The fraction of sp³-hybridized carbons (Fsp3) is 0.286. The van der Waals surface area contributed by atoms with Gasteiger partial charge in [-0.2, -0.15) is 5.10 Å². The fourth-order valence-electron chi connectivity index (χ4n) is 1.89. The molecule has 0 aliphatic rings. The van der Waals surface area contributed by atoms with Crippen LogP contribution >= 0.6 is 0 Å². The largest absolute Gasteiger partial charge is 0.316 e. The van der Waals surface area contributed by atoms with Gasteiger partial charge in [-0.25, -0.2) is 4.68 Å². The van der Waals surface area contributed by atoms with Gasteiger partial charge in [0.1, 0.15) is 11.9 Å². The van der Waals surface area contributed by atoms with E-state index in [0.717, 1.165) is 11.1 Å². The first-order chi connectivity index (χ1) is 9.13. The van der Waals surface area contributed by atoms with E-state index >= 15 is 0 Å². The number of rotatable bonds is 4. The van der Waals surface area contributed by atoms with Gasteiger partial charge in [-0.1, -0.05) is 30.3 Å². The van der Waals surface area contributed by atoms with Crippen LogP contribution in [0.25, 0.3) is 0 Å². The number of nitrogens with one attached hydrogen (secondary N) is 1. The van der Waals surface area contributed by atoms with Gasteiger partial charge in [-0.3, -0.25) is 4.79 Å². The van der Waals surface area contributed by atoms with E-state index in [1.165, 1.54) is 0 Å². The molecule has 0 bridgehead atoms. The molecule has 1 aromatic heterocycles. The second-order valence-electron chi connectivity index (χ2n) is 4.37. The van der Waals surface area contributed by atoms with Crippen molar-refractivity contribution in [2.75, 3.05) is 5.32 Å². The molecule has 100 valence electrons. The van der Waals surface area contributed by atoms with Gasteiger partial charge >= 0.3 is 0 Å². The van der Waals surface area contributed by atoms with Gasteiger partial charge in [0.2, 0.25) is 5.91 Å². The number of nitrogens with zero attached hydrogens (tertiary/aromatic N) is 2. The molecule has 3 N–H and O–H groups in total. The number of amides is 1. The zero-order valence-electron chi connectivity index (χ0n) is 11.1. The number of hydrogen-bond donors (Lipinski definition) is 2. The van der Waals surface area contributed by atoms with Crippen LogP contribution < -0.4 is 11.1 Å². The maximum Gasteiger partial charge on any atom is 0.247 e. The van der Waals surface area contributed by atoms with E-state index in [9.17, 15) is 4.79 Å². The van der Waals surface area contributed by atoms with Crippen LogP contribution in [0.2, 0.25) is 0 Å². The zero-order valence-corrected chi connectivity index (χ0v) is 11.1. The molecule has 0 unspecified atom stereocenters. The van der Waals surface area contributed by atoms with Crippen LogP contribution in [0.3, 0.4) is 0 Å². The first-order valence-corrected chi connectivity index (χ1v) is 6.27. The van der Waals surface area contributed by atoms with E-state index in [2.05, 4.69) is 10.4 Å². The summed E-state index contributed by atoms with van der Waals surface area (Å²) in [5, 5.41) is 7.02. The summed E-state index contributed by atoms with van der Waals surface area (Å²) in [6.07, 6.45) is 1.73. The summed E-state index contributed by atoms with van der Waals surface area (Å²) in [5.74, 6) is 0.475. The summed E-state index contributed by atoms with van der Waals surface area (Å²) in [7, 11) is 0. The van der Waals surface area contributed by atoms with Crippen molar-refractivity contribution in [1.82, 2.24) is 9.78 Å². The fourth-order valence-corrected chi connectivity index (χ4v) is 1.89. The monoisotopic (exact) mass is 258 g/mol. The number of carbonyl (C=O) groups is 1. The quantitative estimate of drug-likeness (QED) is 0.879. The minimum Gasteiger partial charge on any atom is -0.316 e. The number of nitrogens with two attached hydrogens (primary N) is 1. The van der Waals surface area contributed by atoms with E-state index in [0.29, 0.717) is 12.4 Å². The maximum atomic E-state index is 12.2. The molecule has 1 heterocycles. The topological polar surface area (TPSA) is 72.9 Å². The molecule has 0 aliphatic carbocycles. The van der Waals surface area contributed by atoms with Gasteiger partial charge in [0.15, 0.2) is 0 Å². The number of aromatic nitrogens is 2. The molecule has 0 saturated carbocycles. The highest BCUT2D eigenvalue weighted by Crippen LogP contribution is 2.17. The molecule has 0 radical (unpaired) electrons. The molecule has 1 atom stereocenters. The number of anilines is 1. The third-order valence-electron chi connectivity index (χ3n) is 3.00. The molecule has 1 aromatic carbocycles. The Morgan fingerprint density at radius 1 is 1.42 bits per heavy atom. The first kappa shape index (κ1) is 13.3. The number of aryl methyl sites for hydroxylation is 2. The van der Waals surface area contributed by atoms with E-state index in [-0.39, 0.29) is 5.91 Å². The standard InChI is InChI=1S/C14H18N4O/c1-3-18-13(10(2)9-16-18)17-14(19)12(15)11-7-5-4-6-8-11/h4-9,12H,3,15H2,1-2H3,(H,17,19)/t12-/m0/s1. The molecule has 0 spiro atoms. The average molecular weight is 258 g/mol.